The number of aliphatic hydroxyl groups excluding tert-OH is 1. The first-order valence-electron chi connectivity index (χ1n) is 8.20. The minimum atomic E-state index is 0.0252. The number of rotatable bonds is 5. The second-order valence-corrected chi connectivity index (χ2v) is 5.70. The van der Waals surface area contributed by atoms with Crippen LogP contribution in [-0.4, -0.2) is 44.7 Å². The molecule has 0 atom stereocenters. The van der Waals surface area contributed by atoms with E-state index in [0.29, 0.717) is 12.5 Å². The monoisotopic (exact) mass is 334 g/mol. The Hall–Kier alpha value is -3.06. The number of hydrogen-bond acceptors (Lipinski definition) is 7. The van der Waals surface area contributed by atoms with Gasteiger partial charge in [0.2, 0.25) is 5.95 Å². The molecule has 25 heavy (non-hydrogen) atoms. The van der Waals surface area contributed by atoms with Crippen LogP contribution in [0.3, 0.4) is 0 Å². The second-order valence-electron chi connectivity index (χ2n) is 5.70. The Labute approximate surface area is 145 Å². The van der Waals surface area contributed by atoms with Gasteiger partial charge in [-0.15, -0.1) is 0 Å². The molecule has 3 aromatic heterocycles. The minimum Gasteiger partial charge on any atom is -0.395 e. The van der Waals surface area contributed by atoms with Gasteiger partial charge in [-0.2, -0.15) is 4.98 Å². The lowest BCUT2D eigenvalue weighted by atomic mass is 10.1. The highest BCUT2D eigenvalue weighted by atomic mass is 16.3. The van der Waals surface area contributed by atoms with Crippen LogP contribution in [0.4, 0.5) is 17.5 Å². The highest BCUT2D eigenvalue weighted by Gasteiger charge is 2.27. The van der Waals surface area contributed by atoms with E-state index in [0.717, 1.165) is 41.3 Å². The number of nitrogens with zero attached hydrogens (tertiary/aromatic N) is 5. The highest BCUT2D eigenvalue weighted by Crippen LogP contribution is 2.38. The van der Waals surface area contributed by atoms with Crippen LogP contribution < -0.4 is 10.2 Å². The largest absolute Gasteiger partial charge is 0.395 e. The first kappa shape index (κ1) is 15.5. The van der Waals surface area contributed by atoms with Gasteiger partial charge in [0.05, 0.1) is 24.2 Å². The molecule has 7 nitrogen and oxygen atoms in total. The standard InChI is InChI=1S/C18H18N6O/c25-11-9-21-18-22-16(13-3-7-19-8-4-13)15-5-10-24(17(15)23-18)14-2-1-6-20-12-14/h1-4,6-8,12,25H,5,9-11H2,(H,21,22,23). The number of pyridine rings is 2. The van der Waals surface area contributed by atoms with E-state index in [4.69, 9.17) is 5.11 Å². The zero-order valence-electron chi connectivity index (χ0n) is 13.6. The van der Waals surface area contributed by atoms with Crippen molar-refractivity contribution < 1.29 is 5.11 Å². The van der Waals surface area contributed by atoms with Crippen molar-refractivity contribution in [2.24, 2.45) is 0 Å². The third-order valence-electron chi connectivity index (χ3n) is 4.13. The molecule has 0 radical (unpaired) electrons. The van der Waals surface area contributed by atoms with Gasteiger partial charge >= 0.3 is 0 Å². The fourth-order valence-electron chi connectivity index (χ4n) is 3.02. The molecule has 0 saturated carbocycles. The zero-order valence-corrected chi connectivity index (χ0v) is 13.6. The lowest BCUT2D eigenvalue weighted by Gasteiger charge is -2.19. The van der Waals surface area contributed by atoms with Crippen LogP contribution >= 0.6 is 0 Å². The normalized spacial score (nSPS) is 12.9. The quantitative estimate of drug-likeness (QED) is 0.738. The Balaban J connectivity index is 1.82. The van der Waals surface area contributed by atoms with E-state index in [1.54, 1.807) is 18.6 Å². The molecule has 0 unspecified atom stereocenters. The molecule has 2 N–H and O–H groups in total. The summed E-state index contributed by atoms with van der Waals surface area (Å²) in [7, 11) is 0. The molecule has 0 spiro atoms. The van der Waals surface area contributed by atoms with Gasteiger partial charge in [0, 0.05) is 42.8 Å². The molecule has 126 valence electrons. The Morgan fingerprint density at radius 3 is 2.72 bits per heavy atom. The molecule has 4 heterocycles. The molecular weight excluding hydrogens is 316 g/mol. The summed E-state index contributed by atoms with van der Waals surface area (Å²) in [5.41, 5.74) is 4.03. The fourth-order valence-corrected chi connectivity index (χ4v) is 3.02. The van der Waals surface area contributed by atoms with Crippen LogP contribution in [0.15, 0.2) is 49.1 Å². The van der Waals surface area contributed by atoms with Gasteiger partial charge in [-0.1, -0.05) is 0 Å². The summed E-state index contributed by atoms with van der Waals surface area (Å²) < 4.78 is 0. The zero-order chi connectivity index (χ0) is 17.1. The summed E-state index contributed by atoms with van der Waals surface area (Å²) in [5, 5.41) is 12.2. The smallest absolute Gasteiger partial charge is 0.225 e. The lowest BCUT2D eigenvalue weighted by molar-refractivity contribution is 0.311. The predicted octanol–water partition coefficient (Wildman–Crippen LogP) is 2.03. The number of aromatic nitrogens is 4. The van der Waals surface area contributed by atoms with Crippen LogP contribution in [0.5, 0.6) is 0 Å². The lowest BCUT2D eigenvalue weighted by Crippen LogP contribution is -2.16. The molecule has 1 aliphatic heterocycles. The van der Waals surface area contributed by atoms with Crippen LogP contribution in [0.25, 0.3) is 11.3 Å². The van der Waals surface area contributed by atoms with E-state index in [1.807, 2.05) is 30.5 Å². The topological polar surface area (TPSA) is 87.1 Å². The number of anilines is 3. The van der Waals surface area contributed by atoms with E-state index < -0.39 is 0 Å². The number of fused-ring (bicyclic) bond motifs is 1. The Morgan fingerprint density at radius 1 is 1.08 bits per heavy atom. The van der Waals surface area contributed by atoms with Crippen molar-refractivity contribution in [1.29, 1.82) is 0 Å². The Kier molecular flexibility index (Phi) is 4.22. The average molecular weight is 334 g/mol. The number of hydrogen-bond donors (Lipinski definition) is 2. The summed E-state index contributed by atoms with van der Waals surface area (Å²) in [6.45, 7) is 1.26. The van der Waals surface area contributed by atoms with Crippen LogP contribution in [0.1, 0.15) is 5.56 Å². The number of nitrogens with one attached hydrogen (secondary N) is 1. The maximum absolute atomic E-state index is 9.09. The second kappa shape index (κ2) is 6.82. The maximum atomic E-state index is 9.09. The van der Waals surface area contributed by atoms with Gasteiger partial charge in [-0.3, -0.25) is 9.97 Å². The molecule has 0 aromatic carbocycles. The minimum absolute atomic E-state index is 0.0252. The summed E-state index contributed by atoms with van der Waals surface area (Å²) in [6.07, 6.45) is 7.99. The summed E-state index contributed by atoms with van der Waals surface area (Å²) in [4.78, 5) is 19.8. The van der Waals surface area contributed by atoms with Crippen molar-refractivity contribution >= 4 is 17.5 Å². The van der Waals surface area contributed by atoms with Gasteiger partial charge < -0.3 is 15.3 Å². The molecule has 0 fully saturated rings. The van der Waals surface area contributed by atoms with Crippen molar-refractivity contribution in [3.05, 3.63) is 54.6 Å². The first-order chi connectivity index (χ1) is 12.4. The molecule has 7 heteroatoms. The molecule has 4 rings (SSSR count). The van der Waals surface area contributed by atoms with Gasteiger partial charge in [0.25, 0.3) is 0 Å². The fraction of sp³-hybridized carbons (Fsp3) is 0.222. The van der Waals surface area contributed by atoms with Gasteiger partial charge in [0.15, 0.2) is 0 Å². The molecule has 0 saturated heterocycles. The summed E-state index contributed by atoms with van der Waals surface area (Å²) in [5.74, 6) is 1.39. The Bertz CT molecular complexity index is 856. The van der Waals surface area contributed by atoms with E-state index >= 15 is 0 Å². The number of aliphatic hydroxyl groups is 1. The van der Waals surface area contributed by atoms with E-state index in [9.17, 15) is 0 Å². The van der Waals surface area contributed by atoms with Crippen molar-refractivity contribution in [2.75, 3.05) is 29.9 Å². The molecule has 0 amide bonds. The van der Waals surface area contributed by atoms with Crippen molar-refractivity contribution in [1.82, 2.24) is 19.9 Å². The van der Waals surface area contributed by atoms with Crippen molar-refractivity contribution in [2.45, 2.75) is 6.42 Å². The van der Waals surface area contributed by atoms with E-state index in [2.05, 4.69) is 30.2 Å². The average Bonchev–Trinajstić information content (AvgIpc) is 3.11. The maximum Gasteiger partial charge on any atom is 0.225 e. The third-order valence-corrected chi connectivity index (χ3v) is 4.13. The van der Waals surface area contributed by atoms with Crippen LogP contribution in [-0.2, 0) is 6.42 Å². The molecule has 3 aromatic rings. The molecular formula is C18H18N6O. The van der Waals surface area contributed by atoms with Gasteiger partial charge in [0.1, 0.15) is 5.82 Å². The molecule has 0 aliphatic carbocycles. The third kappa shape index (κ3) is 3.01. The summed E-state index contributed by atoms with van der Waals surface area (Å²) in [6, 6.07) is 7.84. The predicted molar refractivity (Wildman–Crippen MR) is 95.8 cm³/mol. The molecule has 1 aliphatic rings. The first-order valence-corrected chi connectivity index (χ1v) is 8.20. The van der Waals surface area contributed by atoms with Crippen molar-refractivity contribution in [3.8, 4) is 11.3 Å². The van der Waals surface area contributed by atoms with Crippen molar-refractivity contribution in [3.63, 3.8) is 0 Å². The van der Waals surface area contributed by atoms with Crippen LogP contribution in [0, 0.1) is 0 Å². The van der Waals surface area contributed by atoms with Crippen LogP contribution in [0.2, 0.25) is 0 Å². The SMILES string of the molecule is OCCNc1nc(-c2ccncc2)c2c(n1)N(c1cccnc1)CC2. The summed E-state index contributed by atoms with van der Waals surface area (Å²) >= 11 is 0. The molecule has 0 bridgehead atoms. The van der Waals surface area contributed by atoms with E-state index in [-0.39, 0.29) is 6.61 Å². The van der Waals surface area contributed by atoms with E-state index in [1.165, 1.54) is 0 Å². The Morgan fingerprint density at radius 2 is 1.96 bits per heavy atom. The highest BCUT2D eigenvalue weighted by molar-refractivity contribution is 5.76. The van der Waals surface area contributed by atoms with Gasteiger partial charge in [-0.05, 0) is 30.7 Å². The van der Waals surface area contributed by atoms with Gasteiger partial charge in [-0.25, -0.2) is 4.98 Å².